The van der Waals surface area contributed by atoms with Gasteiger partial charge in [-0.25, -0.2) is 8.78 Å². The number of ether oxygens (including phenoxy) is 1. The molecule has 0 bridgehead atoms. The molecule has 0 saturated heterocycles. The molecule has 2 N–H and O–H groups in total. The third-order valence-corrected chi connectivity index (χ3v) is 4.66. The number of anilines is 1. The predicted molar refractivity (Wildman–Crippen MR) is 117 cm³/mol. The number of benzene rings is 1. The van der Waals surface area contributed by atoms with Crippen LogP contribution in [0.15, 0.2) is 59.5 Å². The number of nitrogens with zero attached hydrogens (tertiary/aromatic N) is 1. The number of para-hydroxylation sites is 1. The first-order valence-corrected chi connectivity index (χ1v) is 10.1. The zero-order valence-electron chi connectivity index (χ0n) is 17.2. The number of halogens is 2. The number of fused-ring (bicyclic) bond motifs is 1. The summed E-state index contributed by atoms with van der Waals surface area (Å²) in [5.41, 5.74) is 1.05. The average molecular weight is 443 g/mol. The van der Waals surface area contributed by atoms with Gasteiger partial charge in [-0.3, -0.25) is 14.4 Å². The summed E-state index contributed by atoms with van der Waals surface area (Å²) in [6, 6.07) is 10.1. The number of aldehydes is 1. The van der Waals surface area contributed by atoms with Crippen LogP contribution < -0.4 is 15.6 Å². The number of nitrogens with one attached hydrogen (secondary N) is 2. The second-order valence-corrected chi connectivity index (χ2v) is 7.08. The van der Waals surface area contributed by atoms with E-state index in [0.717, 1.165) is 5.39 Å². The summed E-state index contributed by atoms with van der Waals surface area (Å²) < 4.78 is 31.6. The van der Waals surface area contributed by atoms with E-state index >= 15 is 0 Å². The molecule has 2 aromatic heterocycles. The highest BCUT2D eigenvalue weighted by Crippen LogP contribution is 2.26. The lowest BCUT2D eigenvalue weighted by Gasteiger charge is -2.09. The van der Waals surface area contributed by atoms with E-state index < -0.39 is 13.0 Å². The number of carbonyl (C=O) groups is 2. The van der Waals surface area contributed by atoms with Gasteiger partial charge in [0.1, 0.15) is 24.3 Å². The fourth-order valence-electron chi connectivity index (χ4n) is 3.23. The highest BCUT2D eigenvalue weighted by Gasteiger charge is 2.12. The minimum atomic E-state index is -2.58. The zero-order chi connectivity index (χ0) is 22.9. The average Bonchev–Trinajstić information content (AvgIpc) is 3.18. The highest BCUT2D eigenvalue weighted by molar-refractivity contribution is 5.90. The van der Waals surface area contributed by atoms with Crippen molar-refractivity contribution in [2.24, 2.45) is 0 Å². The molecule has 0 atom stereocenters. The van der Waals surface area contributed by atoms with Gasteiger partial charge in [0.15, 0.2) is 0 Å². The molecule has 0 spiro atoms. The quantitative estimate of drug-likeness (QED) is 0.267. The molecule has 3 aromatic rings. The van der Waals surface area contributed by atoms with Crippen molar-refractivity contribution in [3.63, 3.8) is 0 Å². The van der Waals surface area contributed by atoms with Gasteiger partial charge in [0.2, 0.25) is 5.91 Å². The Morgan fingerprint density at radius 2 is 2.09 bits per heavy atom. The van der Waals surface area contributed by atoms with Crippen molar-refractivity contribution in [1.29, 1.82) is 0 Å². The molecule has 0 unspecified atom stereocenters. The summed E-state index contributed by atoms with van der Waals surface area (Å²) in [7, 11) is 0. The smallest absolute Gasteiger partial charge is 0.274 e. The Labute approximate surface area is 182 Å². The first-order chi connectivity index (χ1) is 15.5. The number of aromatic nitrogens is 2. The molecule has 0 radical (unpaired) electrons. The number of amides is 1. The Morgan fingerprint density at radius 1 is 1.25 bits per heavy atom. The fourth-order valence-corrected chi connectivity index (χ4v) is 3.23. The largest absolute Gasteiger partial charge is 0.485 e. The molecule has 1 amide bonds. The topological polar surface area (TPSA) is 93.2 Å². The summed E-state index contributed by atoms with van der Waals surface area (Å²) in [6.07, 6.45) is 4.13. The van der Waals surface area contributed by atoms with Crippen LogP contribution in [0.1, 0.15) is 25.0 Å². The lowest BCUT2D eigenvalue weighted by Crippen LogP contribution is -2.25. The zero-order valence-corrected chi connectivity index (χ0v) is 17.2. The van der Waals surface area contributed by atoms with E-state index in [9.17, 15) is 23.2 Å². The molecule has 0 aliphatic carbocycles. The van der Waals surface area contributed by atoms with E-state index in [4.69, 9.17) is 4.74 Å². The lowest BCUT2D eigenvalue weighted by molar-refractivity contribution is -0.116. The number of alkyl halides is 2. The van der Waals surface area contributed by atoms with Crippen molar-refractivity contribution >= 4 is 28.8 Å². The van der Waals surface area contributed by atoms with Crippen LogP contribution in [-0.2, 0) is 16.1 Å². The number of H-pyrrole nitrogens is 1. The number of unbranched alkanes of at least 4 members (excludes halogenated alkanes) is 1. The molecule has 7 nitrogen and oxygen atoms in total. The molecule has 0 aliphatic heterocycles. The van der Waals surface area contributed by atoms with Gasteiger partial charge >= 0.3 is 0 Å². The number of pyridine rings is 1. The fraction of sp³-hybridized carbons (Fsp3) is 0.261. The second kappa shape index (κ2) is 11.0. The maximum Gasteiger partial charge on any atom is 0.274 e. The normalized spacial score (nSPS) is 11.3. The van der Waals surface area contributed by atoms with Crippen molar-refractivity contribution in [2.75, 3.05) is 11.9 Å². The first-order valence-electron chi connectivity index (χ1n) is 10.1. The van der Waals surface area contributed by atoms with Gasteiger partial charge in [-0.15, -0.1) is 0 Å². The lowest BCUT2D eigenvalue weighted by atomic mass is 10.2. The van der Waals surface area contributed by atoms with Crippen molar-refractivity contribution in [1.82, 2.24) is 9.55 Å². The molecule has 0 aliphatic rings. The summed E-state index contributed by atoms with van der Waals surface area (Å²) in [4.78, 5) is 38.2. The van der Waals surface area contributed by atoms with Crippen LogP contribution in [0.25, 0.3) is 10.9 Å². The van der Waals surface area contributed by atoms with Gasteiger partial charge in [-0.1, -0.05) is 18.2 Å². The van der Waals surface area contributed by atoms with E-state index in [2.05, 4.69) is 10.3 Å². The van der Waals surface area contributed by atoms with Gasteiger partial charge < -0.3 is 19.6 Å². The Hall–Kier alpha value is -3.75. The summed E-state index contributed by atoms with van der Waals surface area (Å²) in [6.45, 7) is -0.510. The van der Waals surface area contributed by atoms with Gasteiger partial charge in [-0.05, 0) is 43.2 Å². The molecular weight excluding hydrogens is 420 g/mol. The molecule has 0 saturated carbocycles. The number of rotatable bonds is 11. The van der Waals surface area contributed by atoms with Gasteiger partial charge in [0.25, 0.3) is 12.0 Å². The Kier molecular flexibility index (Phi) is 7.91. The molecule has 2 heterocycles. The monoisotopic (exact) mass is 443 g/mol. The SMILES string of the molecule is O=C/C=C/CCCC(=O)Nc1cccn(Cc2cc3cccc(OCC(F)F)c3[nH]2)c1=O. The van der Waals surface area contributed by atoms with Crippen LogP contribution in [0.4, 0.5) is 14.5 Å². The Morgan fingerprint density at radius 3 is 2.88 bits per heavy atom. The van der Waals surface area contributed by atoms with Crippen LogP contribution in [-0.4, -0.2) is 34.8 Å². The van der Waals surface area contributed by atoms with E-state index in [1.54, 1.807) is 30.5 Å². The Balaban J connectivity index is 1.70. The maximum atomic E-state index is 12.8. The highest BCUT2D eigenvalue weighted by atomic mass is 19.3. The van der Waals surface area contributed by atoms with Crippen molar-refractivity contribution in [2.45, 2.75) is 32.2 Å². The molecule has 0 fully saturated rings. The third-order valence-electron chi connectivity index (χ3n) is 4.66. The predicted octanol–water partition coefficient (Wildman–Crippen LogP) is 3.89. The van der Waals surface area contributed by atoms with Crippen molar-refractivity contribution < 1.29 is 23.1 Å². The molecule has 9 heteroatoms. The number of carbonyl (C=O) groups excluding carboxylic acids is 2. The van der Waals surface area contributed by atoms with Gasteiger partial charge in [-0.2, -0.15) is 0 Å². The van der Waals surface area contributed by atoms with E-state index in [1.807, 2.05) is 12.1 Å². The standard InChI is InChI=1S/C23H23F2N3O4/c24-20(25)15-32-19-9-5-7-16-13-17(26-22(16)19)14-28-11-6-8-18(23(28)31)27-21(30)10-3-1-2-4-12-29/h2,4-9,11-13,20,26H,1,3,10,14-15H2,(H,27,30)/b4-2+. The third kappa shape index (κ3) is 6.13. The van der Waals surface area contributed by atoms with Crippen LogP contribution in [0.2, 0.25) is 0 Å². The van der Waals surface area contributed by atoms with Crippen LogP contribution in [0.5, 0.6) is 5.75 Å². The molecule has 3 rings (SSSR count). The van der Waals surface area contributed by atoms with Gasteiger partial charge in [0, 0.05) is 23.7 Å². The van der Waals surface area contributed by atoms with E-state index in [1.165, 1.54) is 16.7 Å². The Bertz CT molecular complexity index is 1170. The number of aromatic amines is 1. The van der Waals surface area contributed by atoms with Crippen LogP contribution >= 0.6 is 0 Å². The molecular formula is C23H23F2N3O4. The minimum Gasteiger partial charge on any atom is -0.485 e. The molecule has 32 heavy (non-hydrogen) atoms. The number of allylic oxidation sites excluding steroid dienone is 2. The van der Waals surface area contributed by atoms with Crippen LogP contribution in [0, 0.1) is 0 Å². The second-order valence-electron chi connectivity index (χ2n) is 7.08. The summed E-state index contributed by atoms with van der Waals surface area (Å²) in [5, 5.41) is 3.39. The van der Waals surface area contributed by atoms with Crippen molar-refractivity contribution in [3.05, 3.63) is 70.8 Å². The van der Waals surface area contributed by atoms with Crippen molar-refractivity contribution in [3.8, 4) is 5.75 Å². The summed E-state index contributed by atoms with van der Waals surface area (Å²) >= 11 is 0. The minimum absolute atomic E-state index is 0.165. The van der Waals surface area contributed by atoms with Gasteiger partial charge in [0.05, 0.1) is 12.1 Å². The summed E-state index contributed by atoms with van der Waals surface area (Å²) in [5.74, 6) is 0.0242. The van der Waals surface area contributed by atoms with E-state index in [0.29, 0.717) is 36.1 Å². The number of hydrogen-bond donors (Lipinski definition) is 2. The molecule has 168 valence electrons. The first kappa shape index (κ1) is 22.9. The van der Waals surface area contributed by atoms with E-state index in [-0.39, 0.29) is 30.1 Å². The number of hydrogen-bond acceptors (Lipinski definition) is 4. The van der Waals surface area contributed by atoms with Crippen LogP contribution in [0.3, 0.4) is 0 Å². The molecule has 1 aromatic carbocycles. The maximum absolute atomic E-state index is 12.8.